The summed E-state index contributed by atoms with van der Waals surface area (Å²) in [5.41, 5.74) is 10.1. The summed E-state index contributed by atoms with van der Waals surface area (Å²) in [6.45, 7) is 2.21. The van der Waals surface area contributed by atoms with Gasteiger partial charge < -0.3 is 20.2 Å². The highest BCUT2D eigenvalue weighted by Crippen LogP contribution is 2.40. The smallest absolute Gasteiger partial charge is 0.303 e. The molecule has 5 N–H and O–H groups in total. The number of aryl methyl sites for hydroxylation is 1. The van der Waals surface area contributed by atoms with Gasteiger partial charge in [-0.1, -0.05) is 6.07 Å². The van der Waals surface area contributed by atoms with Crippen LogP contribution in [-0.2, 0) is 17.8 Å². The number of pyridine rings is 1. The van der Waals surface area contributed by atoms with Crippen LogP contribution in [0.5, 0.6) is 0 Å². The number of nitrogens with zero attached hydrogens (tertiary/aromatic N) is 3. The Labute approximate surface area is 140 Å². The largest absolute Gasteiger partial charge is 0.481 e. The van der Waals surface area contributed by atoms with E-state index in [1.165, 1.54) is 23.4 Å². The van der Waals surface area contributed by atoms with Crippen molar-refractivity contribution in [2.24, 2.45) is 11.6 Å². The topological polar surface area (TPSA) is 110 Å². The van der Waals surface area contributed by atoms with Gasteiger partial charge in [0.2, 0.25) is 0 Å². The second-order valence-electron chi connectivity index (χ2n) is 6.48. The standard InChI is InChI=1S/C17H23N5O2/c1-11(18)7-22(19)10-15-9-21-8-14(12-2-3-12)6-13(17(21)20-15)4-5-16(23)24/h6-9,12H,2-5,10,18-19H2,1H3,(H,23,24)/b11-7-. The molecule has 0 aromatic carbocycles. The van der Waals surface area contributed by atoms with Crippen molar-refractivity contribution in [3.63, 3.8) is 0 Å². The maximum atomic E-state index is 10.9. The summed E-state index contributed by atoms with van der Waals surface area (Å²) >= 11 is 0. The van der Waals surface area contributed by atoms with Crippen molar-refractivity contribution in [3.8, 4) is 0 Å². The predicted octanol–water partition coefficient (Wildman–Crippen LogP) is 1.72. The van der Waals surface area contributed by atoms with Crippen LogP contribution in [0.3, 0.4) is 0 Å². The van der Waals surface area contributed by atoms with Gasteiger partial charge in [0.15, 0.2) is 0 Å². The highest BCUT2D eigenvalue weighted by Gasteiger charge is 2.25. The Kier molecular flexibility index (Phi) is 4.44. The minimum Gasteiger partial charge on any atom is -0.481 e. The van der Waals surface area contributed by atoms with E-state index >= 15 is 0 Å². The number of hydrogen-bond donors (Lipinski definition) is 3. The van der Waals surface area contributed by atoms with Crippen LogP contribution in [-0.4, -0.2) is 25.5 Å². The lowest BCUT2D eigenvalue weighted by atomic mass is 10.1. The van der Waals surface area contributed by atoms with Crippen molar-refractivity contribution in [1.29, 1.82) is 0 Å². The summed E-state index contributed by atoms with van der Waals surface area (Å²) in [6.07, 6.45) is 8.67. The van der Waals surface area contributed by atoms with Crippen molar-refractivity contribution in [2.45, 2.75) is 45.1 Å². The van der Waals surface area contributed by atoms with Gasteiger partial charge in [0.25, 0.3) is 0 Å². The first kappa shape index (κ1) is 16.3. The molecule has 7 heteroatoms. The molecule has 7 nitrogen and oxygen atoms in total. The van der Waals surface area contributed by atoms with E-state index in [1.807, 2.05) is 10.6 Å². The molecule has 2 heterocycles. The van der Waals surface area contributed by atoms with Crippen molar-refractivity contribution in [3.05, 3.63) is 47.2 Å². The minimum atomic E-state index is -0.798. The number of nitrogens with two attached hydrogens (primary N) is 2. The molecule has 0 bridgehead atoms. The van der Waals surface area contributed by atoms with Crippen molar-refractivity contribution < 1.29 is 9.90 Å². The summed E-state index contributed by atoms with van der Waals surface area (Å²) in [5.74, 6) is 5.70. The molecule has 1 fully saturated rings. The first-order chi connectivity index (χ1) is 11.4. The van der Waals surface area contributed by atoms with E-state index in [2.05, 4.69) is 17.2 Å². The Hall–Kier alpha value is -2.54. The average Bonchev–Trinajstić information content (AvgIpc) is 3.24. The first-order valence-corrected chi connectivity index (χ1v) is 8.10. The minimum absolute atomic E-state index is 0.101. The fraction of sp³-hybridized carbons (Fsp3) is 0.412. The number of aliphatic carboxylic acids is 1. The zero-order valence-corrected chi connectivity index (χ0v) is 13.8. The van der Waals surface area contributed by atoms with Crippen LogP contribution < -0.4 is 11.6 Å². The molecule has 1 aliphatic rings. The number of carboxylic acid groups (broad SMARTS) is 1. The van der Waals surface area contributed by atoms with Gasteiger partial charge in [0.1, 0.15) is 5.65 Å². The molecule has 2 aromatic heterocycles. The molecule has 1 aliphatic carbocycles. The van der Waals surface area contributed by atoms with Crippen molar-refractivity contribution >= 4 is 11.6 Å². The molecule has 128 valence electrons. The third-order valence-corrected chi connectivity index (χ3v) is 4.07. The van der Waals surface area contributed by atoms with Crippen molar-refractivity contribution in [1.82, 2.24) is 14.4 Å². The molecular weight excluding hydrogens is 306 g/mol. The molecule has 0 atom stereocenters. The van der Waals surface area contributed by atoms with Gasteiger partial charge in [-0.2, -0.15) is 0 Å². The molecule has 0 spiro atoms. The lowest BCUT2D eigenvalue weighted by Crippen LogP contribution is -2.25. The monoisotopic (exact) mass is 329 g/mol. The van der Waals surface area contributed by atoms with E-state index in [4.69, 9.17) is 16.7 Å². The molecule has 0 radical (unpaired) electrons. The number of rotatable bonds is 7. The second kappa shape index (κ2) is 6.52. The average molecular weight is 329 g/mol. The van der Waals surface area contributed by atoms with Gasteiger partial charge >= 0.3 is 5.97 Å². The molecule has 2 aromatic rings. The zero-order chi connectivity index (χ0) is 17.3. The predicted molar refractivity (Wildman–Crippen MR) is 90.8 cm³/mol. The van der Waals surface area contributed by atoms with Crippen LogP contribution in [0.15, 0.2) is 30.4 Å². The fourth-order valence-electron chi connectivity index (χ4n) is 2.88. The number of hydrazine groups is 1. The van der Waals surface area contributed by atoms with E-state index in [1.54, 1.807) is 13.1 Å². The van der Waals surface area contributed by atoms with E-state index < -0.39 is 5.97 Å². The van der Waals surface area contributed by atoms with Crippen molar-refractivity contribution in [2.75, 3.05) is 0 Å². The van der Waals surface area contributed by atoms with Crippen LogP contribution in [0.2, 0.25) is 0 Å². The first-order valence-electron chi connectivity index (χ1n) is 8.10. The molecule has 0 unspecified atom stereocenters. The lowest BCUT2D eigenvalue weighted by Gasteiger charge is -2.11. The molecule has 0 amide bonds. The molecule has 24 heavy (non-hydrogen) atoms. The number of hydrogen-bond acceptors (Lipinski definition) is 5. The van der Waals surface area contributed by atoms with E-state index in [0.29, 0.717) is 24.6 Å². The summed E-state index contributed by atoms with van der Waals surface area (Å²) in [7, 11) is 0. The Balaban J connectivity index is 1.92. The third-order valence-electron chi connectivity index (χ3n) is 4.07. The van der Waals surface area contributed by atoms with E-state index in [0.717, 1.165) is 16.9 Å². The molecule has 3 rings (SSSR count). The Morgan fingerprint density at radius 1 is 1.50 bits per heavy atom. The molecule has 0 aliphatic heterocycles. The summed E-state index contributed by atoms with van der Waals surface area (Å²) < 4.78 is 1.99. The van der Waals surface area contributed by atoms with Gasteiger partial charge in [-0.15, -0.1) is 0 Å². The van der Waals surface area contributed by atoms with Crippen LogP contribution in [0.1, 0.15) is 48.9 Å². The SMILES string of the molecule is C/C(N)=C/N(N)Cc1cn2cc(C3CC3)cc(CCC(=O)O)c2n1. The number of carboxylic acids is 1. The third kappa shape index (κ3) is 3.86. The van der Waals surface area contributed by atoms with Gasteiger partial charge in [0.05, 0.1) is 12.2 Å². The van der Waals surface area contributed by atoms with Gasteiger partial charge in [0, 0.05) is 30.7 Å². The van der Waals surface area contributed by atoms with Gasteiger partial charge in [-0.25, -0.2) is 10.8 Å². The normalized spacial score (nSPS) is 15.0. The highest BCUT2D eigenvalue weighted by atomic mass is 16.4. The van der Waals surface area contributed by atoms with Crippen LogP contribution in [0.4, 0.5) is 0 Å². The lowest BCUT2D eigenvalue weighted by molar-refractivity contribution is -0.136. The van der Waals surface area contributed by atoms with Crippen LogP contribution in [0.25, 0.3) is 5.65 Å². The van der Waals surface area contributed by atoms with Gasteiger partial charge in [-0.3, -0.25) is 4.79 Å². The Morgan fingerprint density at radius 3 is 2.88 bits per heavy atom. The zero-order valence-electron chi connectivity index (χ0n) is 13.8. The van der Waals surface area contributed by atoms with Crippen LogP contribution in [0, 0.1) is 0 Å². The van der Waals surface area contributed by atoms with E-state index in [-0.39, 0.29) is 6.42 Å². The van der Waals surface area contributed by atoms with Crippen LogP contribution >= 0.6 is 0 Å². The second-order valence-corrected chi connectivity index (χ2v) is 6.48. The summed E-state index contributed by atoms with van der Waals surface area (Å²) in [5, 5.41) is 10.5. The van der Waals surface area contributed by atoms with E-state index in [9.17, 15) is 4.79 Å². The maximum absolute atomic E-state index is 10.9. The van der Waals surface area contributed by atoms with Gasteiger partial charge in [-0.05, 0) is 43.2 Å². The number of imidazole rings is 1. The Bertz CT molecular complexity index is 788. The summed E-state index contributed by atoms with van der Waals surface area (Å²) in [6, 6.07) is 2.11. The fourth-order valence-corrected chi connectivity index (χ4v) is 2.88. The summed E-state index contributed by atoms with van der Waals surface area (Å²) in [4.78, 5) is 15.6. The highest BCUT2D eigenvalue weighted by molar-refractivity contribution is 5.67. The maximum Gasteiger partial charge on any atom is 0.303 e. The molecule has 0 saturated heterocycles. The molecular formula is C17H23N5O2. The molecule has 1 saturated carbocycles. The number of fused-ring (bicyclic) bond motifs is 1. The Morgan fingerprint density at radius 2 is 2.25 bits per heavy atom. The number of aromatic nitrogens is 2. The number of carbonyl (C=O) groups is 1. The number of allylic oxidation sites excluding steroid dienone is 1. The quantitative estimate of drug-likeness (QED) is 0.527.